The first kappa shape index (κ1) is 10.7. The van der Waals surface area contributed by atoms with Gasteiger partial charge in [-0.15, -0.1) is 28.6 Å². The van der Waals surface area contributed by atoms with Crippen molar-refractivity contribution in [1.29, 1.82) is 0 Å². The van der Waals surface area contributed by atoms with Crippen LogP contribution in [0, 0.1) is 0 Å². The van der Waals surface area contributed by atoms with Crippen molar-refractivity contribution in [3.05, 3.63) is 0 Å². The SMILES string of the molecule is Br.CNC(C)(C)Cl. The maximum Gasteiger partial charge on any atom is 0.0876 e. The van der Waals surface area contributed by atoms with Crippen LogP contribution in [0.25, 0.3) is 0 Å². The first-order chi connectivity index (χ1) is 2.56. The van der Waals surface area contributed by atoms with Crippen LogP contribution in [-0.2, 0) is 0 Å². The molecule has 0 aromatic carbocycles. The number of hydrogen-bond acceptors (Lipinski definition) is 1. The normalized spacial score (nSPS) is 10.3. The Hall–Kier alpha value is 0.730. The fraction of sp³-hybridized carbons (Fsp3) is 1.00. The minimum atomic E-state index is -0.236. The molecule has 0 rings (SSSR count). The van der Waals surface area contributed by atoms with Gasteiger partial charge in [-0.3, -0.25) is 0 Å². The van der Waals surface area contributed by atoms with Crippen LogP contribution in [0.5, 0.6) is 0 Å². The highest BCUT2D eigenvalue weighted by atomic mass is 79.9. The quantitative estimate of drug-likeness (QED) is 0.488. The first-order valence-electron chi connectivity index (χ1n) is 1.94. The zero-order valence-corrected chi connectivity index (χ0v) is 7.26. The van der Waals surface area contributed by atoms with E-state index < -0.39 is 0 Å². The molecule has 0 spiro atoms. The molecule has 7 heavy (non-hydrogen) atoms. The van der Waals surface area contributed by atoms with Gasteiger partial charge < -0.3 is 5.32 Å². The molecule has 0 heterocycles. The second-order valence-corrected chi connectivity index (χ2v) is 2.67. The van der Waals surface area contributed by atoms with E-state index in [9.17, 15) is 0 Å². The van der Waals surface area contributed by atoms with E-state index in [2.05, 4.69) is 5.32 Å². The third kappa shape index (κ3) is 10.8. The van der Waals surface area contributed by atoms with Crippen LogP contribution in [0.3, 0.4) is 0 Å². The van der Waals surface area contributed by atoms with Crippen LogP contribution in [0.2, 0.25) is 0 Å². The van der Waals surface area contributed by atoms with E-state index in [1.165, 1.54) is 0 Å². The van der Waals surface area contributed by atoms with Crippen LogP contribution in [0.1, 0.15) is 13.8 Å². The standard InChI is InChI=1S/C4H10ClN.BrH/c1-4(2,5)6-3;/h6H,1-3H3;1H. The van der Waals surface area contributed by atoms with Crippen LogP contribution >= 0.6 is 28.6 Å². The molecule has 0 aliphatic carbocycles. The molecular formula is C4H11BrClN. The van der Waals surface area contributed by atoms with Crippen molar-refractivity contribution in [3.63, 3.8) is 0 Å². The summed E-state index contributed by atoms with van der Waals surface area (Å²) in [6.45, 7) is 3.79. The zero-order valence-electron chi connectivity index (χ0n) is 4.79. The van der Waals surface area contributed by atoms with Gasteiger partial charge in [0.05, 0.1) is 5.00 Å². The fourth-order valence-electron chi connectivity index (χ4n) is 0. The molecule has 0 radical (unpaired) electrons. The Morgan fingerprint density at radius 2 is 1.57 bits per heavy atom. The molecule has 0 aliphatic rings. The van der Waals surface area contributed by atoms with Gasteiger partial charge in [0.25, 0.3) is 0 Å². The third-order valence-corrected chi connectivity index (χ3v) is 0.783. The molecule has 0 amide bonds. The molecule has 0 atom stereocenters. The third-order valence-electron chi connectivity index (χ3n) is 0.594. The summed E-state index contributed by atoms with van der Waals surface area (Å²) in [5, 5.41) is 2.87. The Morgan fingerprint density at radius 3 is 1.57 bits per heavy atom. The Kier molecular flexibility index (Phi) is 5.63. The lowest BCUT2D eigenvalue weighted by Crippen LogP contribution is -2.28. The van der Waals surface area contributed by atoms with Crippen molar-refractivity contribution in [2.45, 2.75) is 18.8 Å². The van der Waals surface area contributed by atoms with Gasteiger partial charge in [0.1, 0.15) is 0 Å². The number of alkyl halides is 1. The Labute approximate surface area is 60.2 Å². The summed E-state index contributed by atoms with van der Waals surface area (Å²) in [7, 11) is 1.83. The lowest BCUT2D eigenvalue weighted by molar-refractivity contribution is 0.596. The minimum Gasteiger partial charge on any atom is -0.302 e. The molecular weight excluding hydrogens is 177 g/mol. The monoisotopic (exact) mass is 187 g/mol. The summed E-state index contributed by atoms with van der Waals surface area (Å²) >= 11 is 5.61. The highest BCUT2D eigenvalue weighted by molar-refractivity contribution is 8.93. The molecule has 0 aliphatic heterocycles. The predicted molar refractivity (Wildman–Crippen MR) is 39.3 cm³/mol. The number of rotatable bonds is 1. The summed E-state index contributed by atoms with van der Waals surface area (Å²) in [6, 6.07) is 0. The van der Waals surface area contributed by atoms with Gasteiger partial charge >= 0.3 is 0 Å². The highest BCUT2D eigenvalue weighted by Crippen LogP contribution is 2.04. The number of halogens is 2. The Bertz CT molecular complexity index is 41.4. The molecule has 0 unspecified atom stereocenters. The summed E-state index contributed by atoms with van der Waals surface area (Å²) in [5.41, 5.74) is 0. The molecule has 1 N–H and O–H groups in total. The largest absolute Gasteiger partial charge is 0.302 e. The Balaban J connectivity index is 0. The van der Waals surface area contributed by atoms with E-state index in [1.54, 1.807) is 0 Å². The molecule has 0 aromatic rings. The van der Waals surface area contributed by atoms with Crippen LogP contribution in [0.4, 0.5) is 0 Å². The lowest BCUT2D eigenvalue weighted by atomic mass is 10.4. The second-order valence-electron chi connectivity index (χ2n) is 1.72. The van der Waals surface area contributed by atoms with E-state index in [1.807, 2.05) is 20.9 Å². The van der Waals surface area contributed by atoms with E-state index >= 15 is 0 Å². The molecule has 1 nitrogen and oxygen atoms in total. The van der Waals surface area contributed by atoms with Crippen LogP contribution < -0.4 is 5.32 Å². The van der Waals surface area contributed by atoms with Gasteiger partial charge in [0.15, 0.2) is 0 Å². The van der Waals surface area contributed by atoms with E-state index in [-0.39, 0.29) is 22.0 Å². The molecule has 0 saturated heterocycles. The smallest absolute Gasteiger partial charge is 0.0876 e. The van der Waals surface area contributed by atoms with Gasteiger partial charge in [-0.25, -0.2) is 0 Å². The van der Waals surface area contributed by atoms with E-state index in [0.717, 1.165) is 0 Å². The number of nitrogens with one attached hydrogen (secondary N) is 1. The average molecular weight is 188 g/mol. The lowest BCUT2D eigenvalue weighted by Gasteiger charge is -2.11. The molecule has 0 fully saturated rings. The average Bonchev–Trinajstić information content (AvgIpc) is 1.35. The van der Waals surface area contributed by atoms with Crippen molar-refractivity contribution in [2.24, 2.45) is 0 Å². The second kappa shape index (κ2) is 3.70. The van der Waals surface area contributed by atoms with Crippen molar-refractivity contribution >= 4 is 28.6 Å². The van der Waals surface area contributed by atoms with E-state index in [4.69, 9.17) is 11.6 Å². The highest BCUT2D eigenvalue weighted by Gasteiger charge is 2.05. The topological polar surface area (TPSA) is 12.0 Å². The van der Waals surface area contributed by atoms with Gasteiger partial charge in [0.2, 0.25) is 0 Å². The van der Waals surface area contributed by atoms with Crippen molar-refractivity contribution in [2.75, 3.05) is 7.05 Å². The van der Waals surface area contributed by atoms with Crippen molar-refractivity contribution in [3.8, 4) is 0 Å². The fourth-order valence-corrected chi connectivity index (χ4v) is 0. The maximum absolute atomic E-state index is 5.61. The molecule has 0 saturated carbocycles. The summed E-state index contributed by atoms with van der Waals surface area (Å²) in [4.78, 5) is -0.236. The zero-order chi connectivity index (χ0) is 5.21. The van der Waals surface area contributed by atoms with Gasteiger partial charge in [-0.2, -0.15) is 0 Å². The van der Waals surface area contributed by atoms with Crippen LogP contribution in [0.15, 0.2) is 0 Å². The van der Waals surface area contributed by atoms with E-state index in [0.29, 0.717) is 0 Å². The van der Waals surface area contributed by atoms with Crippen molar-refractivity contribution in [1.82, 2.24) is 5.32 Å². The summed E-state index contributed by atoms with van der Waals surface area (Å²) in [5.74, 6) is 0. The van der Waals surface area contributed by atoms with Gasteiger partial charge in [-0.05, 0) is 20.9 Å². The number of hydrogen-bond donors (Lipinski definition) is 1. The first-order valence-corrected chi connectivity index (χ1v) is 2.32. The summed E-state index contributed by atoms with van der Waals surface area (Å²) < 4.78 is 0. The molecule has 3 heteroatoms. The molecule has 46 valence electrons. The molecule has 0 bridgehead atoms. The maximum atomic E-state index is 5.61. The molecule has 0 aromatic heterocycles. The predicted octanol–water partition coefficient (Wildman–Crippen LogP) is 1.76. The van der Waals surface area contributed by atoms with Crippen molar-refractivity contribution < 1.29 is 0 Å². The minimum absolute atomic E-state index is 0. The van der Waals surface area contributed by atoms with Gasteiger partial charge in [0, 0.05) is 0 Å². The summed E-state index contributed by atoms with van der Waals surface area (Å²) in [6.07, 6.45) is 0. The van der Waals surface area contributed by atoms with Crippen LogP contribution in [-0.4, -0.2) is 12.0 Å². The van der Waals surface area contributed by atoms with Gasteiger partial charge in [-0.1, -0.05) is 0 Å². The Morgan fingerprint density at radius 1 is 1.43 bits per heavy atom.